The van der Waals surface area contributed by atoms with Crippen LogP contribution in [0.2, 0.25) is 0 Å². The smallest absolute Gasteiger partial charge is 0.166 e. The predicted octanol–water partition coefficient (Wildman–Crippen LogP) is 3.02. The fourth-order valence-electron chi connectivity index (χ4n) is 2.18. The summed E-state index contributed by atoms with van der Waals surface area (Å²) < 4.78 is 5.17. The van der Waals surface area contributed by atoms with Crippen molar-refractivity contribution in [3.05, 3.63) is 41.5 Å². The summed E-state index contributed by atoms with van der Waals surface area (Å²) in [6, 6.07) is 5.71. The van der Waals surface area contributed by atoms with E-state index in [0.717, 1.165) is 29.7 Å². The van der Waals surface area contributed by atoms with Gasteiger partial charge >= 0.3 is 0 Å². The molecule has 2 rings (SSSR count). The minimum atomic E-state index is 0.123. The number of rotatable bonds is 3. The Hall–Kier alpha value is -1.57. The normalized spacial score (nSPS) is 19.1. The number of allylic oxidation sites excluding steroid dienone is 2. The SMILES string of the molecule is CC=CCC1Cc2cc(OC)ccc2C1=O. The molecule has 1 aromatic carbocycles. The van der Waals surface area contributed by atoms with Crippen molar-refractivity contribution in [3.63, 3.8) is 0 Å². The Morgan fingerprint density at radius 1 is 1.50 bits per heavy atom. The van der Waals surface area contributed by atoms with E-state index in [1.165, 1.54) is 0 Å². The quantitative estimate of drug-likeness (QED) is 0.726. The summed E-state index contributed by atoms with van der Waals surface area (Å²) in [5.74, 6) is 1.23. The number of ether oxygens (including phenoxy) is 1. The number of carbonyl (C=O) groups excluding carboxylic acids is 1. The standard InChI is InChI=1S/C14H16O2/c1-3-4-5-10-8-11-9-12(16-2)6-7-13(11)14(10)15/h3-4,6-7,9-10H,5,8H2,1-2H3. The van der Waals surface area contributed by atoms with E-state index in [0.29, 0.717) is 0 Å². The van der Waals surface area contributed by atoms with E-state index >= 15 is 0 Å². The number of hydrogen-bond donors (Lipinski definition) is 0. The minimum Gasteiger partial charge on any atom is -0.497 e. The minimum absolute atomic E-state index is 0.123. The topological polar surface area (TPSA) is 26.3 Å². The highest BCUT2D eigenvalue weighted by Gasteiger charge is 2.29. The molecule has 1 atom stereocenters. The van der Waals surface area contributed by atoms with Gasteiger partial charge in [-0.15, -0.1) is 0 Å². The van der Waals surface area contributed by atoms with Gasteiger partial charge < -0.3 is 4.74 Å². The molecule has 1 aliphatic rings. The third-order valence-electron chi connectivity index (χ3n) is 3.07. The summed E-state index contributed by atoms with van der Waals surface area (Å²) in [5, 5.41) is 0. The second-order valence-electron chi connectivity index (χ2n) is 4.09. The Balaban J connectivity index is 2.23. The van der Waals surface area contributed by atoms with E-state index in [4.69, 9.17) is 4.74 Å². The van der Waals surface area contributed by atoms with Gasteiger partial charge in [0.15, 0.2) is 5.78 Å². The molecule has 0 radical (unpaired) electrons. The van der Waals surface area contributed by atoms with Gasteiger partial charge in [0.05, 0.1) is 7.11 Å². The van der Waals surface area contributed by atoms with Crippen molar-refractivity contribution in [2.45, 2.75) is 19.8 Å². The molecule has 0 spiro atoms. The van der Waals surface area contributed by atoms with Crippen LogP contribution in [-0.4, -0.2) is 12.9 Å². The van der Waals surface area contributed by atoms with Gasteiger partial charge in [-0.1, -0.05) is 12.2 Å². The van der Waals surface area contributed by atoms with Gasteiger partial charge in [-0.3, -0.25) is 4.79 Å². The van der Waals surface area contributed by atoms with Crippen molar-refractivity contribution < 1.29 is 9.53 Å². The van der Waals surface area contributed by atoms with Crippen LogP contribution in [-0.2, 0) is 6.42 Å². The summed E-state index contributed by atoms with van der Waals surface area (Å²) in [6.45, 7) is 1.98. The van der Waals surface area contributed by atoms with Crippen molar-refractivity contribution in [2.75, 3.05) is 7.11 Å². The zero-order chi connectivity index (χ0) is 11.5. The molecular formula is C14H16O2. The molecule has 1 aromatic rings. The molecule has 0 aromatic heterocycles. The predicted molar refractivity (Wildman–Crippen MR) is 63.9 cm³/mol. The molecule has 1 unspecified atom stereocenters. The second-order valence-corrected chi connectivity index (χ2v) is 4.09. The van der Waals surface area contributed by atoms with Crippen molar-refractivity contribution in [3.8, 4) is 5.75 Å². The molecule has 0 fully saturated rings. The van der Waals surface area contributed by atoms with Gasteiger partial charge in [0.1, 0.15) is 5.75 Å². The third-order valence-corrected chi connectivity index (χ3v) is 3.07. The average molecular weight is 216 g/mol. The van der Waals surface area contributed by atoms with Gasteiger partial charge in [0.25, 0.3) is 0 Å². The van der Waals surface area contributed by atoms with Crippen LogP contribution in [0.15, 0.2) is 30.4 Å². The van der Waals surface area contributed by atoms with E-state index in [-0.39, 0.29) is 11.7 Å². The van der Waals surface area contributed by atoms with E-state index in [2.05, 4.69) is 6.08 Å². The molecule has 16 heavy (non-hydrogen) atoms. The number of Topliss-reactive ketones (excluding diaryl/α,β-unsaturated/α-hetero) is 1. The average Bonchev–Trinajstić information content (AvgIpc) is 2.63. The monoisotopic (exact) mass is 216 g/mol. The van der Waals surface area contributed by atoms with Crippen LogP contribution in [0.1, 0.15) is 29.3 Å². The molecule has 1 aliphatic carbocycles. The highest BCUT2D eigenvalue weighted by Crippen LogP contribution is 2.31. The van der Waals surface area contributed by atoms with Crippen molar-refractivity contribution in [2.24, 2.45) is 5.92 Å². The first-order valence-corrected chi connectivity index (χ1v) is 5.58. The molecule has 0 N–H and O–H groups in total. The maximum Gasteiger partial charge on any atom is 0.166 e. The Labute approximate surface area is 95.9 Å². The van der Waals surface area contributed by atoms with Crippen LogP contribution in [0.4, 0.5) is 0 Å². The third kappa shape index (κ3) is 1.87. The lowest BCUT2D eigenvalue weighted by molar-refractivity contribution is 0.0938. The van der Waals surface area contributed by atoms with E-state index in [1.807, 2.05) is 31.2 Å². The Morgan fingerprint density at radius 2 is 2.31 bits per heavy atom. The van der Waals surface area contributed by atoms with E-state index in [9.17, 15) is 4.79 Å². The molecule has 0 heterocycles. The molecule has 84 valence electrons. The van der Waals surface area contributed by atoms with Gasteiger partial charge in [-0.2, -0.15) is 0 Å². The lowest BCUT2D eigenvalue weighted by Crippen LogP contribution is -2.07. The summed E-state index contributed by atoms with van der Waals surface area (Å²) in [7, 11) is 1.65. The van der Waals surface area contributed by atoms with Crippen LogP contribution >= 0.6 is 0 Å². The van der Waals surface area contributed by atoms with Gasteiger partial charge in [0, 0.05) is 11.5 Å². The lowest BCUT2D eigenvalue weighted by atomic mass is 10.0. The van der Waals surface area contributed by atoms with Crippen LogP contribution in [0.5, 0.6) is 5.75 Å². The molecule has 0 saturated heterocycles. The first-order valence-electron chi connectivity index (χ1n) is 5.58. The summed E-state index contributed by atoms with van der Waals surface area (Å²) in [4.78, 5) is 12.0. The first kappa shape index (κ1) is 10.9. The first-order chi connectivity index (χ1) is 7.76. The number of methoxy groups -OCH3 is 1. The fraction of sp³-hybridized carbons (Fsp3) is 0.357. The largest absolute Gasteiger partial charge is 0.497 e. The second kappa shape index (κ2) is 4.52. The van der Waals surface area contributed by atoms with Crippen LogP contribution in [0.25, 0.3) is 0 Å². The molecular weight excluding hydrogens is 200 g/mol. The number of benzene rings is 1. The molecule has 0 aliphatic heterocycles. The summed E-state index contributed by atoms with van der Waals surface area (Å²) in [6.07, 6.45) is 5.74. The maximum absolute atomic E-state index is 12.0. The zero-order valence-corrected chi connectivity index (χ0v) is 9.69. The van der Waals surface area contributed by atoms with E-state index < -0.39 is 0 Å². The molecule has 0 amide bonds. The van der Waals surface area contributed by atoms with Gasteiger partial charge in [-0.05, 0) is 43.5 Å². The highest BCUT2D eigenvalue weighted by atomic mass is 16.5. The summed E-state index contributed by atoms with van der Waals surface area (Å²) >= 11 is 0. The zero-order valence-electron chi connectivity index (χ0n) is 9.69. The Morgan fingerprint density at radius 3 is 3.00 bits per heavy atom. The highest BCUT2D eigenvalue weighted by molar-refractivity contribution is 6.02. The Bertz CT molecular complexity index is 432. The van der Waals surface area contributed by atoms with Crippen LogP contribution in [0, 0.1) is 5.92 Å². The van der Waals surface area contributed by atoms with Gasteiger partial charge in [0.2, 0.25) is 0 Å². The maximum atomic E-state index is 12.0. The van der Waals surface area contributed by atoms with Gasteiger partial charge in [-0.25, -0.2) is 0 Å². The van der Waals surface area contributed by atoms with Crippen LogP contribution in [0.3, 0.4) is 0 Å². The molecule has 2 heteroatoms. The molecule has 0 bridgehead atoms. The number of ketones is 1. The number of carbonyl (C=O) groups is 1. The van der Waals surface area contributed by atoms with Crippen LogP contribution < -0.4 is 4.74 Å². The fourth-order valence-corrected chi connectivity index (χ4v) is 2.18. The summed E-state index contributed by atoms with van der Waals surface area (Å²) in [5.41, 5.74) is 1.99. The van der Waals surface area contributed by atoms with Crippen molar-refractivity contribution in [1.29, 1.82) is 0 Å². The lowest BCUT2D eigenvalue weighted by Gasteiger charge is -2.01. The number of hydrogen-bond acceptors (Lipinski definition) is 2. The van der Waals surface area contributed by atoms with E-state index in [1.54, 1.807) is 7.11 Å². The number of fused-ring (bicyclic) bond motifs is 1. The van der Waals surface area contributed by atoms with Crippen molar-refractivity contribution >= 4 is 5.78 Å². The molecule has 2 nitrogen and oxygen atoms in total. The van der Waals surface area contributed by atoms with Crippen molar-refractivity contribution in [1.82, 2.24) is 0 Å². The Kier molecular flexibility index (Phi) is 3.09. The molecule has 0 saturated carbocycles.